The van der Waals surface area contributed by atoms with Crippen LogP contribution in [0.15, 0.2) is 24.3 Å². The molecule has 0 unspecified atom stereocenters. The van der Waals surface area contributed by atoms with Crippen molar-refractivity contribution in [2.24, 2.45) is 0 Å². The fraction of sp³-hybridized carbons (Fsp3) is 0.588. The SMILES string of the molecule is COC(=O)C[C@@H](NS(=O)(=O)N1C[C@@H](C)O[C@@H](C)C1)c1ccc(C)cc1. The minimum absolute atomic E-state index is 0.0752. The molecule has 1 fully saturated rings. The molecule has 0 amide bonds. The molecule has 1 heterocycles. The van der Waals surface area contributed by atoms with Crippen LogP contribution in [0.4, 0.5) is 0 Å². The standard InChI is InChI=1S/C17H26N2O5S/c1-12-5-7-15(8-6-12)16(9-17(20)23-4)18-25(21,22)19-10-13(2)24-14(3)11-19/h5-8,13-14,16,18H,9-11H2,1-4H3/t13-,14+,16-/m1/s1. The van der Waals surface area contributed by atoms with Crippen molar-refractivity contribution in [3.05, 3.63) is 35.4 Å². The van der Waals surface area contributed by atoms with Crippen LogP contribution in [-0.4, -0.2) is 51.1 Å². The number of hydrogen-bond donors (Lipinski definition) is 1. The van der Waals surface area contributed by atoms with E-state index in [2.05, 4.69) is 4.72 Å². The van der Waals surface area contributed by atoms with Gasteiger partial charge in [0, 0.05) is 13.1 Å². The van der Waals surface area contributed by atoms with Crippen LogP contribution < -0.4 is 4.72 Å². The first kappa shape index (κ1) is 19.8. The molecule has 1 aliphatic heterocycles. The van der Waals surface area contributed by atoms with Crippen molar-refractivity contribution in [1.29, 1.82) is 0 Å². The van der Waals surface area contributed by atoms with Gasteiger partial charge in [0.05, 0.1) is 31.8 Å². The highest BCUT2D eigenvalue weighted by molar-refractivity contribution is 7.87. The van der Waals surface area contributed by atoms with Gasteiger partial charge >= 0.3 is 5.97 Å². The van der Waals surface area contributed by atoms with Crippen molar-refractivity contribution in [2.45, 2.75) is 45.4 Å². The van der Waals surface area contributed by atoms with Gasteiger partial charge < -0.3 is 9.47 Å². The summed E-state index contributed by atoms with van der Waals surface area (Å²) >= 11 is 0. The highest BCUT2D eigenvalue weighted by atomic mass is 32.2. The first-order chi connectivity index (χ1) is 11.7. The van der Waals surface area contributed by atoms with Gasteiger partial charge in [0.15, 0.2) is 0 Å². The lowest BCUT2D eigenvalue weighted by molar-refractivity contribution is -0.141. The summed E-state index contributed by atoms with van der Waals surface area (Å²) in [5.74, 6) is -0.475. The van der Waals surface area contributed by atoms with Crippen LogP contribution in [0.1, 0.15) is 37.4 Å². The zero-order chi connectivity index (χ0) is 18.6. The van der Waals surface area contributed by atoms with Crippen LogP contribution in [0.25, 0.3) is 0 Å². The molecule has 3 atom stereocenters. The molecule has 140 valence electrons. The fourth-order valence-electron chi connectivity index (χ4n) is 2.86. The molecule has 1 saturated heterocycles. The second-order valence-corrected chi connectivity index (χ2v) is 8.14. The van der Waals surface area contributed by atoms with Crippen molar-refractivity contribution >= 4 is 16.2 Å². The predicted octanol–water partition coefficient (Wildman–Crippen LogP) is 1.54. The molecule has 0 saturated carbocycles. The Balaban J connectivity index is 2.22. The molecule has 7 nitrogen and oxygen atoms in total. The Hall–Kier alpha value is -1.48. The van der Waals surface area contributed by atoms with Crippen LogP contribution in [0.3, 0.4) is 0 Å². The Morgan fingerprint density at radius 3 is 2.36 bits per heavy atom. The van der Waals surface area contributed by atoms with E-state index in [1.54, 1.807) is 0 Å². The molecule has 0 aliphatic carbocycles. The van der Waals surface area contributed by atoms with Crippen LogP contribution in [0.5, 0.6) is 0 Å². The van der Waals surface area contributed by atoms with E-state index in [1.807, 2.05) is 45.0 Å². The number of ether oxygens (including phenoxy) is 2. The average molecular weight is 370 g/mol. The monoisotopic (exact) mass is 370 g/mol. The molecule has 25 heavy (non-hydrogen) atoms. The smallest absolute Gasteiger partial charge is 0.307 e. The zero-order valence-electron chi connectivity index (χ0n) is 15.1. The molecule has 1 aromatic rings. The Morgan fingerprint density at radius 2 is 1.84 bits per heavy atom. The van der Waals surface area contributed by atoms with Gasteiger partial charge in [-0.3, -0.25) is 4.79 Å². The average Bonchev–Trinajstić information content (AvgIpc) is 2.53. The second-order valence-electron chi connectivity index (χ2n) is 6.44. The number of hydrogen-bond acceptors (Lipinski definition) is 5. The topological polar surface area (TPSA) is 84.9 Å². The summed E-state index contributed by atoms with van der Waals surface area (Å²) in [6.45, 7) is 6.17. The highest BCUT2D eigenvalue weighted by Gasteiger charge is 2.33. The molecule has 0 radical (unpaired) electrons. The lowest BCUT2D eigenvalue weighted by atomic mass is 10.0. The Labute approximate surface area is 149 Å². The van der Waals surface area contributed by atoms with Crippen molar-refractivity contribution < 1.29 is 22.7 Å². The number of aryl methyl sites for hydroxylation is 1. The third-order valence-electron chi connectivity index (χ3n) is 4.10. The molecular weight excluding hydrogens is 344 g/mol. The number of morpholine rings is 1. The van der Waals surface area contributed by atoms with Crippen LogP contribution in [0.2, 0.25) is 0 Å². The normalized spacial score (nSPS) is 23.2. The van der Waals surface area contributed by atoms with E-state index in [1.165, 1.54) is 11.4 Å². The molecule has 2 rings (SSSR count). The third-order valence-corrected chi connectivity index (χ3v) is 5.66. The van der Waals surface area contributed by atoms with Crippen molar-refractivity contribution in [3.8, 4) is 0 Å². The van der Waals surface area contributed by atoms with Crippen molar-refractivity contribution in [1.82, 2.24) is 9.03 Å². The number of carbonyl (C=O) groups is 1. The van der Waals surface area contributed by atoms with Gasteiger partial charge in [-0.1, -0.05) is 29.8 Å². The molecule has 0 aromatic heterocycles. The number of esters is 1. The minimum atomic E-state index is -3.76. The van der Waals surface area contributed by atoms with Gasteiger partial charge in [-0.05, 0) is 26.3 Å². The summed E-state index contributed by atoms with van der Waals surface area (Å²) in [6, 6.07) is 6.71. The maximum Gasteiger partial charge on any atom is 0.307 e. The molecule has 8 heteroatoms. The van der Waals surface area contributed by atoms with Gasteiger partial charge in [0.25, 0.3) is 10.2 Å². The Kier molecular flexibility index (Phi) is 6.56. The number of nitrogens with zero attached hydrogens (tertiary/aromatic N) is 1. The largest absolute Gasteiger partial charge is 0.469 e. The number of carbonyl (C=O) groups excluding carboxylic acids is 1. The summed E-state index contributed by atoms with van der Waals surface area (Å²) in [4.78, 5) is 11.7. The fourth-order valence-corrected chi connectivity index (χ4v) is 4.40. The zero-order valence-corrected chi connectivity index (χ0v) is 15.9. The number of methoxy groups -OCH3 is 1. The first-order valence-electron chi connectivity index (χ1n) is 8.27. The lowest BCUT2D eigenvalue weighted by Gasteiger charge is -2.35. The quantitative estimate of drug-likeness (QED) is 0.768. The van der Waals surface area contributed by atoms with Gasteiger partial charge in [-0.15, -0.1) is 0 Å². The molecule has 0 bridgehead atoms. The van der Waals surface area contributed by atoms with Crippen LogP contribution in [-0.2, 0) is 24.5 Å². The predicted molar refractivity (Wildman–Crippen MR) is 94.2 cm³/mol. The third kappa shape index (κ3) is 5.50. The highest BCUT2D eigenvalue weighted by Crippen LogP contribution is 2.22. The second kappa shape index (κ2) is 8.27. The summed E-state index contributed by atoms with van der Waals surface area (Å²) < 4.78 is 39.9. The molecule has 1 aliphatic rings. The summed E-state index contributed by atoms with van der Waals surface area (Å²) in [5, 5.41) is 0. The molecule has 0 spiro atoms. The molecule has 1 N–H and O–H groups in total. The molecule has 1 aromatic carbocycles. The number of nitrogens with one attached hydrogen (secondary N) is 1. The van der Waals surface area contributed by atoms with E-state index < -0.39 is 22.2 Å². The van der Waals surface area contributed by atoms with Gasteiger partial charge in [-0.25, -0.2) is 0 Å². The van der Waals surface area contributed by atoms with Gasteiger partial charge in [-0.2, -0.15) is 17.4 Å². The maximum absolute atomic E-state index is 12.8. The number of rotatable bonds is 6. The van der Waals surface area contributed by atoms with Crippen molar-refractivity contribution in [2.75, 3.05) is 20.2 Å². The lowest BCUT2D eigenvalue weighted by Crippen LogP contribution is -2.52. The van der Waals surface area contributed by atoms with Gasteiger partial charge in [0.1, 0.15) is 0 Å². The van der Waals surface area contributed by atoms with E-state index in [4.69, 9.17) is 9.47 Å². The number of benzene rings is 1. The van der Waals surface area contributed by atoms with E-state index in [0.717, 1.165) is 5.56 Å². The summed E-state index contributed by atoms with van der Waals surface area (Å²) in [7, 11) is -2.48. The maximum atomic E-state index is 12.8. The minimum Gasteiger partial charge on any atom is -0.469 e. The first-order valence-corrected chi connectivity index (χ1v) is 9.71. The Bertz CT molecular complexity index is 679. The Morgan fingerprint density at radius 1 is 1.28 bits per heavy atom. The molecular formula is C17H26N2O5S. The van der Waals surface area contributed by atoms with E-state index >= 15 is 0 Å². The van der Waals surface area contributed by atoms with E-state index in [9.17, 15) is 13.2 Å². The van der Waals surface area contributed by atoms with Crippen LogP contribution >= 0.6 is 0 Å². The van der Waals surface area contributed by atoms with Crippen LogP contribution in [0, 0.1) is 6.92 Å². The van der Waals surface area contributed by atoms with Gasteiger partial charge in [0.2, 0.25) is 0 Å². The summed E-state index contributed by atoms with van der Waals surface area (Å²) in [5.41, 5.74) is 1.77. The van der Waals surface area contributed by atoms with E-state index in [0.29, 0.717) is 5.56 Å². The van der Waals surface area contributed by atoms with E-state index in [-0.39, 0.29) is 31.7 Å². The summed E-state index contributed by atoms with van der Waals surface area (Å²) in [6.07, 6.45) is -0.439. The van der Waals surface area contributed by atoms with Crippen molar-refractivity contribution in [3.63, 3.8) is 0 Å².